The van der Waals surface area contributed by atoms with Gasteiger partial charge in [-0.15, -0.1) is 0 Å². The average molecular weight is 297 g/mol. The summed E-state index contributed by atoms with van der Waals surface area (Å²) < 4.78 is 5.69. The molecule has 0 amide bonds. The van der Waals surface area contributed by atoms with Crippen LogP contribution in [0.25, 0.3) is 0 Å². The Morgan fingerprint density at radius 1 is 1.50 bits per heavy atom. The molecule has 1 N–H and O–H groups in total. The number of hydrogen-bond donors (Lipinski definition) is 1. The van der Waals surface area contributed by atoms with Crippen LogP contribution >= 0.6 is 11.6 Å². The number of benzene rings is 1. The van der Waals surface area contributed by atoms with Crippen molar-refractivity contribution in [3.63, 3.8) is 0 Å². The summed E-state index contributed by atoms with van der Waals surface area (Å²) in [7, 11) is 2.14. The summed E-state index contributed by atoms with van der Waals surface area (Å²) in [4.78, 5) is 2.31. The maximum atomic E-state index is 6.00. The highest BCUT2D eigenvalue weighted by atomic mass is 35.5. The maximum absolute atomic E-state index is 6.00. The summed E-state index contributed by atoms with van der Waals surface area (Å²) in [6, 6.07) is 8.50. The normalized spacial score (nSPS) is 20.5. The van der Waals surface area contributed by atoms with Gasteiger partial charge in [0.1, 0.15) is 0 Å². The number of ether oxygens (including phenoxy) is 1. The molecule has 1 aliphatic rings. The molecule has 0 saturated carbocycles. The van der Waals surface area contributed by atoms with Crippen molar-refractivity contribution < 1.29 is 4.74 Å². The standard InChI is InChI=1S/C16H25ClN2O/c1-13(16-7-4-10-20-16)18-8-9-19(2)12-14-5-3-6-15(17)11-14/h3,5-6,11,13,16,18H,4,7-10,12H2,1-2H3. The highest BCUT2D eigenvalue weighted by Gasteiger charge is 2.21. The second-order valence-corrected chi connectivity index (χ2v) is 6.10. The third kappa shape index (κ3) is 5.06. The molecule has 20 heavy (non-hydrogen) atoms. The second-order valence-electron chi connectivity index (χ2n) is 5.66. The monoisotopic (exact) mass is 296 g/mol. The predicted octanol–water partition coefficient (Wildman–Crippen LogP) is 2.93. The van der Waals surface area contributed by atoms with Gasteiger partial charge in [-0.05, 0) is 44.5 Å². The molecule has 1 aromatic carbocycles. The van der Waals surface area contributed by atoms with Gasteiger partial charge in [0.25, 0.3) is 0 Å². The average Bonchev–Trinajstić information content (AvgIpc) is 2.92. The fraction of sp³-hybridized carbons (Fsp3) is 0.625. The van der Waals surface area contributed by atoms with Gasteiger partial charge < -0.3 is 15.0 Å². The molecule has 4 heteroatoms. The van der Waals surface area contributed by atoms with Crippen LogP contribution < -0.4 is 5.32 Å². The van der Waals surface area contributed by atoms with E-state index < -0.39 is 0 Å². The molecule has 1 heterocycles. The van der Waals surface area contributed by atoms with E-state index in [-0.39, 0.29) is 0 Å². The molecule has 0 spiro atoms. The van der Waals surface area contributed by atoms with Crippen LogP contribution in [0.15, 0.2) is 24.3 Å². The predicted molar refractivity (Wildman–Crippen MR) is 84.2 cm³/mol. The van der Waals surface area contributed by atoms with Crippen LogP contribution in [-0.2, 0) is 11.3 Å². The minimum absolute atomic E-state index is 0.397. The Hall–Kier alpha value is -0.610. The lowest BCUT2D eigenvalue weighted by atomic mass is 10.1. The highest BCUT2D eigenvalue weighted by Crippen LogP contribution is 2.15. The van der Waals surface area contributed by atoms with E-state index in [0.717, 1.165) is 31.3 Å². The lowest BCUT2D eigenvalue weighted by Gasteiger charge is -2.22. The molecule has 1 fully saturated rings. The van der Waals surface area contributed by atoms with Crippen molar-refractivity contribution in [3.05, 3.63) is 34.9 Å². The van der Waals surface area contributed by atoms with Crippen LogP contribution in [0.1, 0.15) is 25.3 Å². The van der Waals surface area contributed by atoms with E-state index in [9.17, 15) is 0 Å². The maximum Gasteiger partial charge on any atom is 0.0726 e. The summed E-state index contributed by atoms with van der Waals surface area (Å²) in [6.07, 6.45) is 2.78. The molecule has 3 nitrogen and oxygen atoms in total. The molecule has 1 saturated heterocycles. The van der Waals surface area contributed by atoms with E-state index in [1.165, 1.54) is 18.4 Å². The zero-order valence-electron chi connectivity index (χ0n) is 12.4. The summed E-state index contributed by atoms with van der Waals surface area (Å²) in [5.41, 5.74) is 1.26. The first-order valence-electron chi connectivity index (χ1n) is 7.43. The van der Waals surface area contributed by atoms with Gasteiger partial charge >= 0.3 is 0 Å². The molecule has 112 valence electrons. The summed E-state index contributed by atoms with van der Waals surface area (Å²) in [5, 5.41) is 4.37. The first-order chi connectivity index (χ1) is 9.65. The van der Waals surface area contributed by atoms with Gasteiger partial charge in [0.05, 0.1) is 6.10 Å². The third-order valence-electron chi connectivity index (χ3n) is 3.82. The quantitative estimate of drug-likeness (QED) is 0.837. The van der Waals surface area contributed by atoms with Gasteiger partial charge in [-0.25, -0.2) is 0 Å². The molecule has 0 bridgehead atoms. The molecule has 2 atom stereocenters. The number of hydrogen-bond acceptors (Lipinski definition) is 3. The molecule has 1 aromatic rings. The highest BCUT2D eigenvalue weighted by molar-refractivity contribution is 6.30. The van der Waals surface area contributed by atoms with Crippen molar-refractivity contribution in [3.8, 4) is 0 Å². The molecule has 1 aliphatic heterocycles. The third-order valence-corrected chi connectivity index (χ3v) is 4.06. The fourth-order valence-corrected chi connectivity index (χ4v) is 2.85. The Balaban J connectivity index is 1.65. The summed E-state index contributed by atoms with van der Waals surface area (Å²) >= 11 is 6.00. The van der Waals surface area contributed by atoms with Crippen LogP contribution in [-0.4, -0.2) is 43.8 Å². The molecular formula is C16H25ClN2O. The van der Waals surface area contributed by atoms with Gasteiger partial charge in [-0.1, -0.05) is 23.7 Å². The molecule has 2 unspecified atom stereocenters. The van der Waals surface area contributed by atoms with Crippen molar-refractivity contribution in [1.29, 1.82) is 0 Å². The number of halogens is 1. The van der Waals surface area contributed by atoms with Crippen molar-refractivity contribution in [2.45, 2.75) is 38.5 Å². The van der Waals surface area contributed by atoms with Crippen LogP contribution in [0.5, 0.6) is 0 Å². The lowest BCUT2D eigenvalue weighted by Crippen LogP contribution is -2.40. The van der Waals surface area contributed by atoms with Gasteiger partial charge in [0, 0.05) is 37.3 Å². The fourth-order valence-electron chi connectivity index (χ4n) is 2.64. The topological polar surface area (TPSA) is 24.5 Å². The second kappa shape index (κ2) is 7.99. The minimum Gasteiger partial charge on any atom is -0.377 e. The van der Waals surface area contributed by atoms with Crippen molar-refractivity contribution >= 4 is 11.6 Å². The summed E-state index contributed by atoms with van der Waals surface area (Å²) in [6.45, 7) is 6.07. The zero-order valence-corrected chi connectivity index (χ0v) is 13.2. The van der Waals surface area contributed by atoms with Crippen molar-refractivity contribution in [2.24, 2.45) is 0 Å². The molecule has 2 rings (SSSR count). The minimum atomic E-state index is 0.397. The van der Waals surface area contributed by atoms with E-state index in [4.69, 9.17) is 16.3 Å². The number of nitrogens with one attached hydrogen (secondary N) is 1. The van der Waals surface area contributed by atoms with Crippen LogP contribution in [0.3, 0.4) is 0 Å². The Kier molecular flexibility index (Phi) is 6.30. The lowest BCUT2D eigenvalue weighted by molar-refractivity contribution is 0.0829. The Morgan fingerprint density at radius 3 is 3.05 bits per heavy atom. The Morgan fingerprint density at radius 2 is 2.35 bits per heavy atom. The smallest absolute Gasteiger partial charge is 0.0726 e. The van der Waals surface area contributed by atoms with E-state index in [0.29, 0.717) is 12.1 Å². The van der Waals surface area contributed by atoms with Gasteiger partial charge in [-0.2, -0.15) is 0 Å². The molecule has 0 aromatic heterocycles. The SMILES string of the molecule is CC(NCCN(C)Cc1cccc(Cl)c1)C1CCCO1. The summed E-state index contributed by atoms with van der Waals surface area (Å²) in [5.74, 6) is 0. The van der Waals surface area contributed by atoms with Gasteiger partial charge in [0.15, 0.2) is 0 Å². The van der Waals surface area contributed by atoms with E-state index in [1.807, 2.05) is 18.2 Å². The molecule has 0 aliphatic carbocycles. The Bertz CT molecular complexity index is 407. The molecular weight excluding hydrogens is 272 g/mol. The van der Waals surface area contributed by atoms with Gasteiger partial charge in [0.2, 0.25) is 0 Å². The number of likely N-dealkylation sites (N-methyl/N-ethyl adjacent to an activating group) is 1. The largest absolute Gasteiger partial charge is 0.377 e. The molecule has 0 radical (unpaired) electrons. The number of rotatable bonds is 7. The van der Waals surface area contributed by atoms with E-state index >= 15 is 0 Å². The van der Waals surface area contributed by atoms with Gasteiger partial charge in [-0.3, -0.25) is 0 Å². The van der Waals surface area contributed by atoms with Crippen LogP contribution in [0, 0.1) is 0 Å². The first-order valence-corrected chi connectivity index (χ1v) is 7.81. The van der Waals surface area contributed by atoms with Crippen LogP contribution in [0.2, 0.25) is 5.02 Å². The van der Waals surface area contributed by atoms with Crippen molar-refractivity contribution in [2.75, 3.05) is 26.7 Å². The first kappa shape index (κ1) is 15.8. The van der Waals surface area contributed by atoms with Crippen LogP contribution in [0.4, 0.5) is 0 Å². The zero-order chi connectivity index (χ0) is 14.4. The van der Waals surface area contributed by atoms with Crippen molar-refractivity contribution in [1.82, 2.24) is 10.2 Å². The van der Waals surface area contributed by atoms with E-state index in [1.54, 1.807) is 0 Å². The number of nitrogens with zero attached hydrogens (tertiary/aromatic N) is 1. The Labute approximate surface area is 127 Å². The van der Waals surface area contributed by atoms with E-state index in [2.05, 4.69) is 30.3 Å².